The number of benzene rings is 1. The summed E-state index contributed by atoms with van der Waals surface area (Å²) in [4.78, 5) is 18.2. The molecule has 1 aromatic rings. The third-order valence-corrected chi connectivity index (χ3v) is 7.23. The topological polar surface area (TPSA) is 109 Å². The molecule has 0 bridgehead atoms. The molecule has 0 saturated heterocycles. The zero-order valence-electron chi connectivity index (χ0n) is 24.2. The molecule has 1 rings (SSSR count). The standard InChI is InChI=1S/C30H51FNO6P/c1-3-4-5-6-7-8-9-10-11-12-13-14-15-16-17-18-19-36-25-30(2,26-38-39(33,34)35)37-24-28-20-27(23-32)21-29(31)22-28/h20-22H,3-19,24-26H2,1-2H3,(H2,33,34,35)/t30-/m1/s1. The van der Waals surface area contributed by atoms with Gasteiger partial charge in [-0.15, -0.1) is 0 Å². The molecule has 0 aromatic heterocycles. The molecule has 0 aliphatic rings. The Labute approximate surface area is 235 Å². The smallest absolute Gasteiger partial charge is 0.378 e. The molecule has 1 aromatic carbocycles. The number of unbranched alkanes of at least 4 members (excludes halogenated alkanes) is 15. The van der Waals surface area contributed by atoms with Crippen LogP contribution < -0.4 is 0 Å². The molecule has 0 unspecified atom stereocenters. The lowest BCUT2D eigenvalue weighted by atomic mass is 10.0. The van der Waals surface area contributed by atoms with Crippen LogP contribution >= 0.6 is 7.82 Å². The number of phosphoric acid groups is 1. The third-order valence-electron chi connectivity index (χ3n) is 6.76. The Morgan fingerprint density at radius 3 is 1.85 bits per heavy atom. The van der Waals surface area contributed by atoms with Crippen LogP contribution in [-0.4, -0.2) is 35.2 Å². The van der Waals surface area contributed by atoms with E-state index in [9.17, 15) is 8.96 Å². The summed E-state index contributed by atoms with van der Waals surface area (Å²) in [5.74, 6) is -0.555. The summed E-state index contributed by atoms with van der Waals surface area (Å²) >= 11 is 0. The highest BCUT2D eigenvalue weighted by Crippen LogP contribution is 2.37. The van der Waals surface area contributed by atoms with Crippen LogP contribution in [0.2, 0.25) is 0 Å². The molecule has 0 aliphatic carbocycles. The first-order valence-electron chi connectivity index (χ1n) is 14.8. The Bertz CT molecular complexity index is 858. The molecule has 0 aliphatic heterocycles. The van der Waals surface area contributed by atoms with Crippen molar-refractivity contribution < 1.29 is 32.7 Å². The second kappa shape index (κ2) is 21.4. The van der Waals surface area contributed by atoms with Crippen molar-refractivity contribution in [2.24, 2.45) is 0 Å². The largest absolute Gasteiger partial charge is 0.469 e. The lowest BCUT2D eigenvalue weighted by molar-refractivity contribution is -0.118. The van der Waals surface area contributed by atoms with Crippen LogP contribution in [0.15, 0.2) is 18.2 Å². The summed E-state index contributed by atoms with van der Waals surface area (Å²) in [6.45, 7) is 4.00. The molecule has 0 amide bonds. The van der Waals surface area contributed by atoms with Crippen LogP contribution in [0.25, 0.3) is 0 Å². The van der Waals surface area contributed by atoms with Gasteiger partial charge in [0.2, 0.25) is 0 Å². The number of hydrogen-bond donors (Lipinski definition) is 2. The molecular weight excluding hydrogens is 520 g/mol. The number of rotatable bonds is 25. The second-order valence-electron chi connectivity index (χ2n) is 10.8. The van der Waals surface area contributed by atoms with E-state index in [1.54, 1.807) is 6.92 Å². The van der Waals surface area contributed by atoms with Gasteiger partial charge in [0, 0.05) is 6.61 Å². The number of hydrogen-bond acceptors (Lipinski definition) is 5. The van der Waals surface area contributed by atoms with Crippen molar-refractivity contribution in [3.05, 3.63) is 35.1 Å². The highest BCUT2D eigenvalue weighted by Gasteiger charge is 2.30. The van der Waals surface area contributed by atoms with Crippen molar-refractivity contribution in [1.82, 2.24) is 0 Å². The summed E-state index contributed by atoms with van der Waals surface area (Å²) in [6, 6.07) is 5.77. The van der Waals surface area contributed by atoms with Gasteiger partial charge < -0.3 is 19.3 Å². The van der Waals surface area contributed by atoms with E-state index in [2.05, 4.69) is 11.4 Å². The monoisotopic (exact) mass is 571 g/mol. The quantitative estimate of drug-likeness (QED) is 0.0896. The Kier molecular flexibility index (Phi) is 19.6. The van der Waals surface area contributed by atoms with Crippen molar-refractivity contribution in [1.29, 1.82) is 5.26 Å². The molecule has 7 nitrogen and oxygen atoms in total. The van der Waals surface area contributed by atoms with Gasteiger partial charge in [-0.05, 0) is 37.1 Å². The van der Waals surface area contributed by atoms with Crippen molar-refractivity contribution in [2.45, 2.75) is 129 Å². The van der Waals surface area contributed by atoms with E-state index in [4.69, 9.17) is 24.5 Å². The molecule has 0 spiro atoms. The minimum Gasteiger partial charge on any atom is -0.378 e. The van der Waals surface area contributed by atoms with E-state index in [1.165, 1.54) is 95.6 Å². The normalized spacial score (nSPS) is 13.3. The highest BCUT2D eigenvalue weighted by molar-refractivity contribution is 7.46. The number of phosphoric ester groups is 1. The lowest BCUT2D eigenvalue weighted by Crippen LogP contribution is -2.39. The summed E-state index contributed by atoms with van der Waals surface area (Å²) in [7, 11) is -4.70. The molecule has 39 heavy (non-hydrogen) atoms. The van der Waals surface area contributed by atoms with E-state index < -0.39 is 25.8 Å². The zero-order valence-corrected chi connectivity index (χ0v) is 25.1. The fraction of sp³-hybridized carbons (Fsp3) is 0.767. The van der Waals surface area contributed by atoms with Gasteiger partial charge in [-0.1, -0.05) is 103 Å². The van der Waals surface area contributed by atoms with Gasteiger partial charge in [-0.2, -0.15) is 5.26 Å². The van der Waals surface area contributed by atoms with Gasteiger partial charge in [0.05, 0.1) is 31.5 Å². The highest BCUT2D eigenvalue weighted by atomic mass is 31.2. The van der Waals surface area contributed by atoms with E-state index in [1.807, 2.05) is 6.07 Å². The Morgan fingerprint density at radius 2 is 1.36 bits per heavy atom. The Hall–Kier alpha value is -1.33. The zero-order chi connectivity index (χ0) is 28.8. The van der Waals surface area contributed by atoms with Gasteiger partial charge >= 0.3 is 7.82 Å². The van der Waals surface area contributed by atoms with Crippen molar-refractivity contribution in [3.8, 4) is 6.07 Å². The fourth-order valence-electron chi connectivity index (χ4n) is 4.44. The van der Waals surface area contributed by atoms with Crippen LogP contribution in [0.1, 0.15) is 128 Å². The maximum Gasteiger partial charge on any atom is 0.469 e. The summed E-state index contributed by atoms with van der Waals surface area (Å²) < 4.78 is 41.2. The summed E-state index contributed by atoms with van der Waals surface area (Å²) in [5, 5.41) is 9.03. The predicted molar refractivity (Wildman–Crippen MR) is 153 cm³/mol. The molecule has 9 heteroatoms. The summed E-state index contributed by atoms with van der Waals surface area (Å²) in [6.07, 6.45) is 20.7. The van der Waals surface area contributed by atoms with E-state index >= 15 is 0 Å². The minimum absolute atomic E-state index is 0.0597. The number of halogens is 1. The SMILES string of the molecule is CCCCCCCCCCCCCCCCCCOC[C@](C)(COP(=O)(O)O)OCc1cc(F)cc(C#N)c1. The number of nitrogens with zero attached hydrogens (tertiary/aromatic N) is 1. The fourth-order valence-corrected chi connectivity index (χ4v) is 4.88. The van der Waals surface area contributed by atoms with Gasteiger partial charge in [0.15, 0.2) is 0 Å². The first kappa shape index (κ1) is 35.7. The molecule has 0 radical (unpaired) electrons. The van der Waals surface area contributed by atoms with Crippen molar-refractivity contribution in [3.63, 3.8) is 0 Å². The third kappa shape index (κ3) is 20.2. The molecule has 2 N–H and O–H groups in total. The second-order valence-corrected chi connectivity index (χ2v) is 12.1. The van der Waals surface area contributed by atoms with Crippen LogP contribution in [0, 0.1) is 17.1 Å². The molecule has 0 saturated carbocycles. The maximum absolute atomic E-state index is 13.7. The van der Waals surface area contributed by atoms with E-state index in [0.717, 1.165) is 25.3 Å². The maximum atomic E-state index is 13.7. The molecule has 0 heterocycles. The first-order valence-corrected chi connectivity index (χ1v) is 16.3. The molecule has 224 valence electrons. The Morgan fingerprint density at radius 1 is 0.846 bits per heavy atom. The van der Waals surface area contributed by atoms with Gasteiger partial charge in [-0.25, -0.2) is 8.96 Å². The predicted octanol–water partition coefficient (Wildman–Crippen LogP) is 8.36. The molecular formula is C30H51FNO6P. The van der Waals surface area contributed by atoms with E-state index in [0.29, 0.717) is 12.2 Å². The average molecular weight is 572 g/mol. The first-order chi connectivity index (χ1) is 18.7. The van der Waals surface area contributed by atoms with Gasteiger partial charge in [0.1, 0.15) is 11.4 Å². The van der Waals surface area contributed by atoms with E-state index in [-0.39, 0.29) is 18.8 Å². The van der Waals surface area contributed by atoms with Crippen LogP contribution in [0.4, 0.5) is 4.39 Å². The molecule has 0 fully saturated rings. The van der Waals surface area contributed by atoms with Crippen molar-refractivity contribution >= 4 is 7.82 Å². The lowest BCUT2D eigenvalue weighted by Gasteiger charge is -2.29. The van der Waals surface area contributed by atoms with Crippen LogP contribution in [0.5, 0.6) is 0 Å². The van der Waals surface area contributed by atoms with Crippen molar-refractivity contribution in [2.75, 3.05) is 19.8 Å². The number of ether oxygens (including phenoxy) is 2. The molecule has 1 atom stereocenters. The van der Waals surface area contributed by atoms with Gasteiger partial charge in [-0.3, -0.25) is 4.52 Å². The minimum atomic E-state index is -4.70. The number of nitriles is 1. The average Bonchev–Trinajstić information content (AvgIpc) is 2.89. The van der Waals surface area contributed by atoms with Crippen LogP contribution in [0.3, 0.4) is 0 Å². The summed E-state index contributed by atoms with van der Waals surface area (Å²) in [5.41, 5.74) is -0.553. The van der Waals surface area contributed by atoms with Crippen LogP contribution in [-0.2, 0) is 25.2 Å². The van der Waals surface area contributed by atoms with Gasteiger partial charge in [0.25, 0.3) is 0 Å². The Balaban J connectivity index is 2.17.